The normalized spacial score (nSPS) is 19.1. The van der Waals surface area contributed by atoms with Crippen molar-refractivity contribution < 1.29 is 9.32 Å². The van der Waals surface area contributed by atoms with E-state index in [4.69, 9.17) is 16.1 Å². The van der Waals surface area contributed by atoms with Crippen LogP contribution in [0.4, 0.5) is 5.69 Å². The van der Waals surface area contributed by atoms with E-state index in [-0.39, 0.29) is 5.91 Å². The van der Waals surface area contributed by atoms with Crippen LogP contribution in [0.5, 0.6) is 5.75 Å². The number of hydrogen-bond acceptors (Lipinski definition) is 2. The molecule has 1 aliphatic rings. The number of nitrogens with zero attached hydrogens (tertiary/aromatic N) is 1. The maximum absolute atomic E-state index is 11.3. The molecule has 1 heterocycles. The second kappa shape index (κ2) is 3.41. The predicted octanol–water partition coefficient (Wildman–Crippen LogP) is 3.03. The van der Waals surface area contributed by atoms with Gasteiger partial charge in [0.05, 0.1) is 5.69 Å². The standard InChI is InChI=1S/C9H9ClNO2P/c1-6(12)11-8-5-7(10)3-4-9(8)13-14(11)2/h3-5H,1-2H3. The summed E-state index contributed by atoms with van der Waals surface area (Å²) >= 11 is 5.85. The minimum absolute atomic E-state index is 0.0142. The molecule has 0 saturated carbocycles. The lowest BCUT2D eigenvalue weighted by atomic mass is 10.3. The number of anilines is 1. The Morgan fingerprint density at radius 3 is 2.93 bits per heavy atom. The van der Waals surface area contributed by atoms with E-state index >= 15 is 0 Å². The van der Waals surface area contributed by atoms with Crippen molar-refractivity contribution in [1.29, 1.82) is 0 Å². The van der Waals surface area contributed by atoms with Gasteiger partial charge >= 0.3 is 0 Å². The molecule has 0 spiro atoms. The third kappa shape index (κ3) is 1.47. The molecule has 14 heavy (non-hydrogen) atoms. The zero-order valence-electron chi connectivity index (χ0n) is 7.82. The fourth-order valence-corrected chi connectivity index (χ4v) is 2.98. The molecular formula is C9H9ClNO2P. The van der Waals surface area contributed by atoms with Gasteiger partial charge in [-0.2, -0.15) is 0 Å². The number of carbonyl (C=O) groups is 1. The fourth-order valence-electron chi connectivity index (χ4n) is 1.44. The highest BCUT2D eigenvalue weighted by Gasteiger charge is 2.31. The van der Waals surface area contributed by atoms with Gasteiger partial charge in [0.2, 0.25) is 5.91 Å². The largest absolute Gasteiger partial charge is 0.451 e. The predicted molar refractivity (Wildman–Crippen MR) is 58.1 cm³/mol. The Hall–Kier alpha value is -0.790. The molecule has 0 bridgehead atoms. The van der Waals surface area contributed by atoms with Gasteiger partial charge in [-0.05, 0) is 18.2 Å². The van der Waals surface area contributed by atoms with Crippen LogP contribution in [0.3, 0.4) is 0 Å². The van der Waals surface area contributed by atoms with Crippen molar-refractivity contribution in [3.63, 3.8) is 0 Å². The Labute approximate surface area is 88.5 Å². The number of rotatable bonds is 0. The van der Waals surface area contributed by atoms with E-state index in [9.17, 15) is 4.79 Å². The fraction of sp³-hybridized carbons (Fsp3) is 0.222. The van der Waals surface area contributed by atoms with Crippen LogP contribution in [0.1, 0.15) is 6.92 Å². The topological polar surface area (TPSA) is 29.5 Å². The van der Waals surface area contributed by atoms with Crippen molar-refractivity contribution >= 4 is 31.5 Å². The number of hydrogen-bond donors (Lipinski definition) is 0. The average molecular weight is 230 g/mol. The van der Waals surface area contributed by atoms with Crippen molar-refractivity contribution in [1.82, 2.24) is 0 Å². The van der Waals surface area contributed by atoms with Crippen LogP contribution in [-0.2, 0) is 4.79 Å². The first-order valence-electron chi connectivity index (χ1n) is 4.11. The Bertz CT molecular complexity index is 396. The number of amides is 1. The summed E-state index contributed by atoms with van der Waals surface area (Å²) in [7, 11) is -0.882. The highest BCUT2D eigenvalue weighted by molar-refractivity contribution is 7.55. The number of carbonyl (C=O) groups excluding carboxylic acids is 1. The third-order valence-corrected chi connectivity index (χ3v) is 3.72. The Morgan fingerprint density at radius 2 is 2.29 bits per heavy atom. The van der Waals surface area contributed by atoms with E-state index in [1.54, 1.807) is 22.9 Å². The van der Waals surface area contributed by atoms with Crippen molar-refractivity contribution in [2.24, 2.45) is 0 Å². The van der Waals surface area contributed by atoms with Crippen molar-refractivity contribution in [3.8, 4) is 5.75 Å². The van der Waals surface area contributed by atoms with E-state index in [1.807, 2.05) is 6.66 Å². The van der Waals surface area contributed by atoms with Gasteiger partial charge in [0, 0.05) is 18.6 Å². The van der Waals surface area contributed by atoms with Gasteiger partial charge in [-0.1, -0.05) is 11.6 Å². The van der Waals surface area contributed by atoms with Crippen LogP contribution in [0.2, 0.25) is 5.02 Å². The second-order valence-corrected chi connectivity index (χ2v) is 4.95. The Kier molecular flexibility index (Phi) is 2.38. The van der Waals surface area contributed by atoms with E-state index < -0.39 is 8.30 Å². The number of benzene rings is 1. The van der Waals surface area contributed by atoms with Gasteiger partial charge in [-0.25, -0.2) is 0 Å². The van der Waals surface area contributed by atoms with E-state index in [0.29, 0.717) is 5.02 Å². The molecule has 0 saturated heterocycles. The second-order valence-electron chi connectivity index (χ2n) is 3.00. The van der Waals surface area contributed by atoms with Crippen molar-refractivity contribution in [3.05, 3.63) is 23.2 Å². The minimum atomic E-state index is -0.882. The number of halogens is 1. The van der Waals surface area contributed by atoms with Gasteiger partial charge < -0.3 is 4.52 Å². The van der Waals surface area contributed by atoms with E-state index in [0.717, 1.165) is 11.4 Å². The maximum atomic E-state index is 11.3. The maximum Gasteiger partial charge on any atom is 0.229 e. The first-order valence-corrected chi connectivity index (χ1v) is 6.15. The molecule has 0 fully saturated rings. The summed E-state index contributed by atoms with van der Waals surface area (Å²) in [6.45, 7) is 3.42. The highest BCUT2D eigenvalue weighted by atomic mass is 35.5. The molecule has 0 radical (unpaired) electrons. The van der Waals surface area contributed by atoms with Crippen LogP contribution < -0.4 is 9.19 Å². The van der Waals surface area contributed by atoms with Crippen LogP contribution in [0.25, 0.3) is 0 Å². The van der Waals surface area contributed by atoms with Gasteiger partial charge in [-0.3, -0.25) is 9.46 Å². The summed E-state index contributed by atoms with van der Waals surface area (Å²) < 4.78 is 7.20. The van der Waals surface area contributed by atoms with Gasteiger partial charge in [0.25, 0.3) is 0 Å². The molecule has 1 amide bonds. The SMILES string of the molecule is CC(=O)N1c2cc(Cl)ccc2OP1C. The first kappa shape index (κ1) is 9.75. The average Bonchev–Trinajstić information content (AvgIpc) is 2.40. The minimum Gasteiger partial charge on any atom is -0.451 e. The van der Waals surface area contributed by atoms with Crippen molar-refractivity contribution in [2.45, 2.75) is 6.92 Å². The summed E-state index contributed by atoms with van der Waals surface area (Å²) in [6, 6.07) is 5.30. The molecule has 5 heteroatoms. The molecule has 1 aromatic rings. The summed E-state index contributed by atoms with van der Waals surface area (Å²) in [5.74, 6) is 0.720. The first-order chi connectivity index (χ1) is 6.59. The smallest absolute Gasteiger partial charge is 0.229 e. The molecule has 0 aromatic heterocycles. The molecule has 2 rings (SSSR count). The van der Waals surface area contributed by atoms with Gasteiger partial charge in [0.1, 0.15) is 5.75 Å². The molecule has 1 aromatic carbocycles. The summed E-state index contributed by atoms with van der Waals surface area (Å²) in [4.78, 5) is 11.3. The quantitative estimate of drug-likeness (QED) is 0.640. The van der Waals surface area contributed by atoms with Crippen molar-refractivity contribution in [2.75, 3.05) is 11.3 Å². The summed E-state index contributed by atoms with van der Waals surface area (Å²) in [6.07, 6.45) is 0. The lowest BCUT2D eigenvalue weighted by molar-refractivity contribution is -0.115. The molecule has 0 N–H and O–H groups in total. The zero-order chi connectivity index (χ0) is 10.3. The third-order valence-electron chi connectivity index (χ3n) is 1.96. The lowest BCUT2D eigenvalue weighted by Gasteiger charge is -2.16. The molecule has 1 unspecified atom stereocenters. The Balaban J connectivity index is 2.49. The van der Waals surface area contributed by atoms with Crippen LogP contribution in [0, 0.1) is 0 Å². The number of fused-ring (bicyclic) bond motifs is 1. The summed E-state index contributed by atoms with van der Waals surface area (Å²) in [5, 5.41) is 0.615. The van der Waals surface area contributed by atoms with E-state index in [1.165, 1.54) is 6.92 Å². The van der Waals surface area contributed by atoms with Gasteiger partial charge in [-0.15, -0.1) is 0 Å². The molecule has 1 atom stereocenters. The summed E-state index contributed by atoms with van der Waals surface area (Å²) in [5.41, 5.74) is 0.776. The molecule has 74 valence electrons. The zero-order valence-corrected chi connectivity index (χ0v) is 9.47. The van der Waals surface area contributed by atoms with Crippen LogP contribution in [-0.4, -0.2) is 12.6 Å². The highest BCUT2D eigenvalue weighted by Crippen LogP contribution is 2.54. The Morgan fingerprint density at radius 1 is 1.57 bits per heavy atom. The van der Waals surface area contributed by atoms with E-state index in [2.05, 4.69) is 0 Å². The molecular weight excluding hydrogens is 221 g/mol. The lowest BCUT2D eigenvalue weighted by Crippen LogP contribution is -2.19. The molecule has 1 aliphatic heterocycles. The van der Waals surface area contributed by atoms with Gasteiger partial charge in [0.15, 0.2) is 8.30 Å². The molecule has 3 nitrogen and oxygen atoms in total. The van der Waals surface area contributed by atoms with Crippen LogP contribution >= 0.6 is 19.9 Å². The van der Waals surface area contributed by atoms with Crippen LogP contribution in [0.15, 0.2) is 18.2 Å². The molecule has 0 aliphatic carbocycles. The monoisotopic (exact) mass is 229 g/mol.